The van der Waals surface area contributed by atoms with Gasteiger partial charge < -0.3 is 10.6 Å². The van der Waals surface area contributed by atoms with Gasteiger partial charge in [-0.2, -0.15) is 0 Å². The zero-order valence-corrected chi connectivity index (χ0v) is 11.9. The lowest BCUT2D eigenvalue weighted by Crippen LogP contribution is -2.42. The third kappa shape index (κ3) is 3.80. The number of carbonyl (C=O) groups is 1. The molecule has 104 valence electrons. The van der Waals surface area contributed by atoms with Crippen molar-refractivity contribution in [3.05, 3.63) is 35.4 Å². The van der Waals surface area contributed by atoms with E-state index in [2.05, 4.69) is 24.5 Å². The minimum Gasteiger partial charge on any atom is -0.349 e. The molecule has 1 unspecified atom stereocenters. The minimum absolute atomic E-state index is 0.0497. The Morgan fingerprint density at radius 2 is 1.95 bits per heavy atom. The Morgan fingerprint density at radius 1 is 1.32 bits per heavy atom. The van der Waals surface area contributed by atoms with Crippen molar-refractivity contribution in [2.75, 3.05) is 13.1 Å². The van der Waals surface area contributed by atoms with Crippen molar-refractivity contribution in [3.63, 3.8) is 0 Å². The van der Waals surface area contributed by atoms with Crippen molar-refractivity contribution in [1.82, 2.24) is 10.6 Å². The summed E-state index contributed by atoms with van der Waals surface area (Å²) in [6.45, 7) is 6.37. The second kappa shape index (κ2) is 6.71. The number of nitrogens with one attached hydrogen (secondary N) is 2. The summed E-state index contributed by atoms with van der Waals surface area (Å²) in [6, 6.07) is 8.15. The van der Waals surface area contributed by atoms with Gasteiger partial charge in [-0.25, -0.2) is 0 Å². The van der Waals surface area contributed by atoms with Crippen molar-refractivity contribution >= 4 is 5.91 Å². The van der Waals surface area contributed by atoms with Gasteiger partial charge in [-0.05, 0) is 62.9 Å². The van der Waals surface area contributed by atoms with Gasteiger partial charge in [0.05, 0.1) is 0 Å². The van der Waals surface area contributed by atoms with E-state index in [-0.39, 0.29) is 11.9 Å². The van der Waals surface area contributed by atoms with Gasteiger partial charge in [-0.3, -0.25) is 4.79 Å². The highest BCUT2D eigenvalue weighted by atomic mass is 16.1. The highest BCUT2D eigenvalue weighted by Crippen LogP contribution is 2.16. The zero-order chi connectivity index (χ0) is 13.7. The van der Waals surface area contributed by atoms with Gasteiger partial charge >= 0.3 is 0 Å². The van der Waals surface area contributed by atoms with Crippen LogP contribution in [0.2, 0.25) is 0 Å². The molecule has 1 aliphatic rings. The van der Waals surface area contributed by atoms with E-state index in [4.69, 9.17) is 0 Å². The number of piperidine rings is 1. The molecule has 0 radical (unpaired) electrons. The summed E-state index contributed by atoms with van der Waals surface area (Å²) in [5.74, 6) is 0.647. The number of aryl methyl sites for hydroxylation is 1. The Morgan fingerprint density at radius 3 is 2.53 bits per heavy atom. The number of hydrogen-bond donors (Lipinski definition) is 2. The predicted molar refractivity (Wildman–Crippen MR) is 78.3 cm³/mol. The van der Waals surface area contributed by atoms with Crippen LogP contribution < -0.4 is 10.6 Å². The highest BCUT2D eigenvalue weighted by Gasteiger charge is 2.21. The van der Waals surface area contributed by atoms with Crippen LogP contribution in [0.1, 0.15) is 42.6 Å². The van der Waals surface area contributed by atoms with Gasteiger partial charge in [0.1, 0.15) is 0 Å². The van der Waals surface area contributed by atoms with Crippen molar-refractivity contribution in [3.8, 4) is 0 Å². The number of carbonyl (C=O) groups excluding carboxylic acids is 1. The quantitative estimate of drug-likeness (QED) is 0.872. The Kier molecular flexibility index (Phi) is 4.97. The van der Waals surface area contributed by atoms with Crippen LogP contribution in [0.25, 0.3) is 0 Å². The summed E-state index contributed by atoms with van der Waals surface area (Å²) >= 11 is 0. The largest absolute Gasteiger partial charge is 0.349 e. The van der Waals surface area contributed by atoms with Gasteiger partial charge in [0.2, 0.25) is 0 Å². The number of amides is 1. The van der Waals surface area contributed by atoms with Crippen LogP contribution in [0.3, 0.4) is 0 Å². The maximum Gasteiger partial charge on any atom is 0.251 e. The maximum absolute atomic E-state index is 12.2. The molecule has 1 aromatic rings. The molecular formula is C16H24N2O. The molecule has 2 rings (SSSR count). The Balaban J connectivity index is 1.91. The molecule has 1 fully saturated rings. The molecule has 1 saturated heterocycles. The molecule has 1 amide bonds. The highest BCUT2D eigenvalue weighted by molar-refractivity contribution is 5.94. The summed E-state index contributed by atoms with van der Waals surface area (Å²) in [7, 11) is 0. The molecule has 0 aromatic heterocycles. The van der Waals surface area contributed by atoms with Crippen LogP contribution in [0, 0.1) is 5.92 Å². The summed E-state index contributed by atoms with van der Waals surface area (Å²) in [5, 5.41) is 6.49. The van der Waals surface area contributed by atoms with Crippen LogP contribution in [0.4, 0.5) is 0 Å². The van der Waals surface area contributed by atoms with Crippen LogP contribution in [0.5, 0.6) is 0 Å². The van der Waals surface area contributed by atoms with E-state index < -0.39 is 0 Å². The summed E-state index contributed by atoms with van der Waals surface area (Å²) in [6.07, 6.45) is 3.31. The zero-order valence-electron chi connectivity index (χ0n) is 11.9. The van der Waals surface area contributed by atoms with E-state index in [9.17, 15) is 4.79 Å². The molecule has 1 aromatic carbocycles. The third-order valence-electron chi connectivity index (χ3n) is 4.07. The molecule has 3 heteroatoms. The van der Waals surface area contributed by atoms with Crippen LogP contribution in [0.15, 0.2) is 24.3 Å². The van der Waals surface area contributed by atoms with Gasteiger partial charge in [0.15, 0.2) is 0 Å². The topological polar surface area (TPSA) is 41.1 Å². The Bertz CT molecular complexity index is 407. The fourth-order valence-electron chi connectivity index (χ4n) is 2.64. The van der Waals surface area contributed by atoms with E-state index in [1.165, 1.54) is 5.56 Å². The number of benzene rings is 1. The Labute approximate surface area is 115 Å². The SMILES string of the molecule is CCc1ccc(C(=O)NC(C)C2CCNCC2)cc1. The van der Waals surface area contributed by atoms with E-state index in [1.807, 2.05) is 24.3 Å². The lowest BCUT2D eigenvalue weighted by molar-refractivity contribution is 0.0920. The van der Waals surface area contributed by atoms with E-state index in [0.717, 1.165) is 37.9 Å². The van der Waals surface area contributed by atoms with Crippen molar-refractivity contribution in [1.29, 1.82) is 0 Å². The van der Waals surface area contributed by atoms with Gasteiger partial charge in [0, 0.05) is 11.6 Å². The molecule has 2 N–H and O–H groups in total. The van der Waals surface area contributed by atoms with E-state index >= 15 is 0 Å². The average Bonchev–Trinajstić information content (AvgIpc) is 2.48. The molecule has 1 heterocycles. The summed E-state index contributed by atoms with van der Waals surface area (Å²) < 4.78 is 0. The maximum atomic E-state index is 12.2. The molecular weight excluding hydrogens is 236 g/mol. The second-order valence-corrected chi connectivity index (χ2v) is 5.40. The molecule has 19 heavy (non-hydrogen) atoms. The smallest absolute Gasteiger partial charge is 0.251 e. The molecule has 0 spiro atoms. The first-order valence-electron chi connectivity index (χ1n) is 7.31. The van der Waals surface area contributed by atoms with Crippen LogP contribution in [-0.2, 0) is 6.42 Å². The molecule has 0 saturated carbocycles. The predicted octanol–water partition coefficient (Wildman–Crippen LogP) is 2.37. The fourth-order valence-corrected chi connectivity index (χ4v) is 2.64. The van der Waals surface area contributed by atoms with E-state index in [0.29, 0.717) is 5.92 Å². The third-order valence-corrected chi connectivity index (χ3v) is 4.07. The average molecular weight is 260 g/mol. The monoisotopic (exact) mass is 260 g/mol. The molecule has 3 nitrogen and oxygen atoms in total. The van der Waals surface area contributed by atoms with Gasteiger partial charge in [-0.15, -0.1) is 0 Å². The summed E-state index contributed by atoms with van der Waals surface area (Å²) in [4.78, 5) is 12.2. The van der Waals surface area contributed by atoms with Gasteiger partial charge in [0.25, 0.3) is 5.91 Å². The normalized spacial score (nSPS) is 18.0. The standard InChI is InChI=1S/C16H24N2O/c1-3-13-4-6-15(7-5-13)16(19)18-12(2)14-8-10-17-11-9-14/h4-7,12,14,17H,3,8-11H2,1-2H3,(H,18,19). The molecule has 1 atom stereocenters. The van der Waals surface area contributed by atoms with Crippen LogP contribution >= 0.6 is 0 Å². The van der Waals surface area contributed by atoms with E-state index in [1.54, 1.807) is 0 Å². The Hall–Kier alpha value is -1.35. The lowest BCUT2D eigenvalue weighted by Gasteiger charge is -2.28. The van der Waals surface area contributed by atoms with Crippen molar-refractivity contribution < 1.29 is 4.79 Å². The first kappa shape index (κ1) is 14.1. The first-order chi connectivity index (χ1) is 9.20. The van der Waals surface area contributed by atoms with Crippen molar-refractivity contribution in [2.24, 2.45) is 5.92 Å². The molecule has 0 bridgehead atoms. The second-order valence-electron chi connectivity index (χ2n) is 5.40. The lowest BCUT2D eigenvalue weighted by atomic mass is 9.91. The molecule has 1 aliphatic heterocycles. The number of hydrogen-bond acceptors (Lipinski definition) is 2. The number of rotatable bonds is 4. The van der Waals surface area contributed by atoms with Crippen molar-refractivity contribution in [2.45, 2.75) is 39.2 Å². The minimum atomic E-state index is 0.0497. The fraction of sp³-hybridized carbons (Fsp3) is 0.562. The van der Waals surface area contributed by atoms with Crippen LogP contribution in [-0.4, -0.2) is 25.0 Å². The molecule has 0 aliphatic carbocycles. The summed E-state index contributed by atoms with van der Waals surface area (Å²) in [5.41, 5.74) is 2.03. The first-order valence-corrected chi connectivity index (χ1v) is 7.31. The van der Waals surface area contributed by atoms with Gasteiger partial charge in [-0.1, -0.05) is 19.1 Å².